The van der Waals surface area contributed by atoms with Crippen LogP contribution in [0, 0.1) is 0 Å². The van der Waals surface area contributed by atoms with Crippen LogP contribution in [0.1, 0.15) is 16.8 Å². The molecule has 1 N–H and O–H groups in total. The molecule has 0 spiro atoms. The lowest BCUT2D eigenvalue weighted by atomic mass is 9.95. The van der Waals surface area contributed by atoms with E-state index in [0.717, 1.165) is 33.5 Å². The second-order valence-electron chi connectivity index (χ2n) is 8.00. The number of fused-ring (bicyclic) bond motifs is 1. The lowest BCUT2D eigenvalue weighted by molar-refractivity contribution is 0.969. The van der Waals surface area contributed by atoms with Crippen LogP contribution in [-0.4, -0.2) is 10.2 Å². The molecule has 0 atom stereocenters. The van der Waals surface area contributed by atoms with E-state index < -0.39 is 0 Å². The Hall–Kier alpha value is -3.11. The fraction of sp³-hybridized carbons (Fsp3) is 0.0714. The van der Waals surface area contributed by atoms with Crippen LogP contribution in [0.2, 0.25) is 15.1 Å². The zero-order chi connectivity index (χ0) is 23.5. The van der Waals surface area contributed by atoms with Gasteiger partial charge in [0.25, 0.3) is 0 Å². The third-order valence-electron chi connectivity index (χ3n) is 5.66. The van der Waals surface area contributed by atoms with Gasteiger partial charge in [-0.15, -0.1) is 5.10 Å². The van der Waals surface area contributed by atoms with E-state index in [1.165, 1.54) is 5.56 Å². The number of nitrogens with zero attached hydrogens (tertiary/aromatic N) is 2. The molecule has 3 nitrogen and oxygen atoms in total. The maximum absolute atomic E-state index is 6.47. The molecule has 0 bridgehead atoms. The number of anilines is 1. The van der Waals surface area contributed by atoms with Gasteiger partial charge >= 0.3 is 0 Å². The zero-order valence-corrected chi connectivity index (χ0v) is 20.4. The number of nitrogens with one attached hydrogen (secondary N) is 1. The Morgan fingerprint density at radius 2 is 1.47 bits per heavy atom. The third kappa shape index (κ3) is 4.88. The first-order chi connectivity index (χ1) is 16.6. The molecule has 0 fully saturated rings. The number of rotatable bonds is 6. The summed E-state index contributed by atoms with van der Waals surface area (Å²) in [4.78, 5) is 0. The van der Waals surface area contributed by atoms with Gasteiger partial charge in [-0.05, 0) is 47.0 Å². The molecule has 6 heteroatoms. The van der Waals surface area contributed by atoms with Gasteiger partial charge in [0.15, 0.2) is 0 Å². The topological polar surface area (TPSA) is 37.8 Å². The molecule has 168 valence electrons. The minimum atomic E-state index is 0.548. The maximum atomic E-state index is 6.47. The van der Waals surface area contributed by atoms with E-state index in [0.29, 0.717) is 33.6 Å². The minimum Gasteiger partial charge on any atom is -0.381 e. The van der Waals surface area contributed by atoms with E-state index in [-0.39, 0.29) is 0 Å². The summed E-state index contributed by atoms with van der Waals surface area (Å²) in [5.74, 6) is 0. The molecule has 1 aromatic heterocycles. The molecule has 0 saturated heterocycles. The van der Waals surface area contributed by atoms with Crippen molar-refractivity contribution in [3.8, 4) is 11.1 Å². The highest BCUT2D eigenvalue weighted by Crippen LogP contribution is 2.35. The summed E-state index contributed by atoms with van der Waals surface area (Å²) < 4.78 is 0. The number of benzene rings is 4. The second kappa shape index (κ2) is 10.0. The van der Waals surface area contributed by atoms with Gasteiger partial charge in [0, 0.05) is 29.6 Å². The quantitative estimate of drug-likeness (QED) is 0.252. The van der Waals surface area contributed by atoms with Crippen molar-refractivity contribution in [3.63, 3.8) is 0 Å². The van der Waals surface area contributed by atoms with Crippen LogP contribution in [-0.2, 0) is 13.0 Å². The predicted octanol–water partition coefficient (Wildman–Crippen LogP) is 8.46. The fourth-order valence-electron chi connectivity index (χ4n) is 4.01. The van der Waals surface area contributed by atoms with Crippen molar-refractivity contribution in [1.29, 1.82) is 0 Å². The van der Waals surface area contributed by atoms with Gasteiger partial charge in [-0.25, -0.2) is 0 Å². The van der Waals surface area contributed by atoms with Gasteiger partial charge < -0.3 is 5.32 Å². The molecule has 4 aromatic carbocycles. The first kappa shape index (κ1) is 22.7. The van der Waals surface area contributed by atoms with Crippen LogP contribution in [0.5, 0.6) is 0 Å². The fourth-order valence-corrected chi connectivity index (χ4v) is 4.54. The van der Waals surface area contributed by atoms with Crippen molar-refractivity contribution < 1.29 is 0 Å². The number of aromatic nitrogens is 2. The van der Waals surface area contributed by atoms with E-state index in [9.17, 15) is 0 Å². The predicted molar refractivity (Wildman–Crippen MR) is 143 cm³/mol. The van der Waals surface area contributed by atoms with Crippen molar-refractivity contribution in [2.75, 3.05) is 5.32 Å². The van der Waals surface area contributed by atoms with Gasteiger partial charge in [0.05, 0.1) is 20.8 Å². The molecule has 0 aliphatic heterocycles. The molecule has 0 radical (unpaired) electrons. The highest BCUT2D eigenvalue weighted by atomic mass is 35.5. The minimum absolute atomic E-state index is 0.548. The van der Waals surface area contributed by atoms with Gasteiger partial charge in [-0.2, -0.15) is 5.10 Å². The molecule has 0 unspecified atom stereocenters. The van der Waals surface area contributed by atoms with Crippen molar-refractivity contribution >= 4 is 51.4 Å². The molecule has 0 aliphatic carbocycles. The number of hydrogen-bond donors (Lipinski definition) is 1. The van der Waals surface area contributed by atoms with Gasteiger partial charge in [0.2, 0.25) is 0 Å². The molecule has 0 saturated carbocycles. The van der Waals surface area contributed by atoms with Crippen molar-refractivity contribution in [2.45, 2.75) is 13.0 Å². The summed E-state index contributed by atoms with van der Waals surface area (Å²) >= 11 is 18.7. The molecule has 1 heterocycles. The average Bonchev–Trinajstić information content (AvgIpc) is 2.86. The summed E-state index contributed by atoms with van der Waals surface area (Å²) in [5, 5.41) is 15.2. The summed E-state index contributed by atoms with van der Waals surface area (Å²) in [6.45, 7) is 0.623. The molecule has 5 rings (SSSR count). The zero-order valence-electron chi connectivity index (χ0n) is 18.1. The van der Waals surface area contributed by atoms with Crippen LogP contribution in [0.15, 0.2) is 91.0 Å². The van der Waals surface area contributed by atoms with E-state index in [4.69, 9.17) is 34.8 Å². The summed E-state index contributed by atoms with van der Waals surface area (Å²) in [6, 6.07) is 30.1. The molecular formula is C28H20Cl3N3. The van der Waals surface area contributed by atoms with Crippen LogP contribution in [0.3, 0.4) is 0 Å². The molecule has 34 heavy (non-hydrogen) atoms. The van der Waals surface area contributed by atoms with Gasteiger partial charge in [-0.3, -0.25) is 0 Å². The first-order valence-corrected chi connectivity index (χ1v) is 12.0. The highest BCUT2D eigenvalue weighted by Gasteiger charge is 2.15. The standard InChI is InChI=1S/C28H20Cl3N3/c29-23-13-12-19(14-25(23)31)17-32-21-9-4-8-20(16-21)27-22-10-5-11-24(30)28(22)34-33-26(27)15-18-6-2-1-3-7-18/h1-14,16,32H,15,17H2. The lowest BCUT2D eigenvalue weighted by Gasteiger charge is -2.14. The highest BCUT2D eigenvalue weighted by molar-refractivity contribution is 6.42. The van der Waals surface area contributed by atoms with Crippen LogP contribution >= 0.6 is 34.8 Å². The lowest BCUT2D eigenvalue weighted by Crippen LogP contribution is -2.02. The third-order valence-corrected chi connectivity index (χ3v) is 6.71. The van der Waals surface area contributed by atoms with Gasteiger partial charge in [-0.1, -0.05) is 95.5 Å². The Labute approximate surface area is 213 Å². The van der Waals surface area contributed by atoms with Crippen LogP contribution < -0.4 is 5.32 Å². The van der Waals surface area contributed by atoms with Crippen molar-refractivity contribution in [3.05, 3.63) is 123 Å². The Morgan fingerprint density at radius 3 is 2.29 bits per heavy atom. The average molecular weight is 505 g/mol. The Kier molecular flexibility index (Phi) is 6.68. The summed E-state index contributed by atoms with van der Waals surface area (Å²) in [6.07, 6.45) is 0.673. The monoisotopic (exact) mass is 503 g/mol. The van der Waals surface area contributed by atoms with Crippen molar-refractivity contribution in [1.82, 2.24) is 10.2 Å². The van der Waals surface area contributed by atoms with E-state index in [1.54, 1.807) is 0 Å². The Balaban J connectivity index is 1.54. The van der Waals surface area contributed by atoms with Gasteiger partial charge in [0.1, 0.15) is 5.52 Å². The second-order valence-corrected chi connectivity index (χ2v) is 9.22. The Morgan fingerprint density at radius 1 is 0.647 bits per heavy atom. The SMILES string of the molecule is Clc1ccc(CNc2cccc(-c3c(Cc4ccccc4)nnc4c(Cl)cccc34)c2)cc1Cl. The largest absolute Gasteiger partial charge is 0.381 e. The molecule has 0 amide bonds. The first-order valence-electron chi connectivity index (χ1n) is 10.8. The number of halogens is 3. The number of hydrogen-bond acceptors (Lipinski definition) is 3. The summed E-state index contributed by atoms with van der Waals surface area (Å²) in [5.41, 5.74) is 6.90. The Bertz CT molecular complexity index is 1470. The van der Waals surface area contributed by atoms with E-state index >= 15 is 0 Å². The van der Waals surface area contributed by atoms with E-state index in [1.807, 2.05) is 60.7 Å². The molecule has 0 aliphatic rings. The maximum Gasteiger partial charge on any atom is 0.112 e. The van der Waals surface area contributed by atoms with E-state index in [2.05, 4.69) is 45.8 Å². The van der Waals surface area contributed by atoms with Crippen LogP contribution in [0.4, 0.5) is 5.69 Å². The summed E-state index contributed by atoms with van der Waals surface area (Å²) in [7, 11) is 0. The van der Waals surface area contributed by atoms with Crippen LogP contribution in [0.25, 0.3) is 22.0 Å². The van der Waals surface area contributed by atoms with Crippen molar-refractivity contribution in [2.24, 2.45) is 0 Å². The molecular weight excluding hydrogens is 485 g/mol. The smallest absolute Gasteiger partial charge is 0.112 e. The normalized spacial score (nSPS) is 11.0. The molecule has 5 aromatic rings.